The quantitative estimate of drug-likeness (QED) is 0.767. The van der Waals surface area contributed by atoms with Crippen molar-refractivity contribution >= 4 is 17.2 Å². The van der Waals surface area contributed by atoms with Crippen LogP contribution in [0.25, 0.3) is 5.00 Å². The summed E-state index contributed by atoms with van der Waals surface area (Å²) in [7, 11) is 0. The van der Waals surface area contributed by atoms with Gasteiger partial charge in [-0.3, -0.25) is 14.2 Å². The largest absolute Gasteiger partial charge is 0.508 e. The van der Waals surface area contributed by atoms with E-state index in [2.05, 4.69) is 5.32 Å². The Bertz CT molecular complexity index is 929. The van der Waals surface area contributed by atoms with Gasteiger partial charge in [0, 0.05) is 18.8 Å². The summed E-state index contributed by atoms with van der Waals surface area (Å²) in [5.74, 6) is -0.246. The second kappa shape index (κ2) is 6.72. The number of hydrogen-bond donors (Lipinski definition) is 2. The highest BCUT2D eigenvalue weighted by Crippen LogP contribution is 2.24. The molecule has 2 N–H and O–H groups in total. The van der Waals surface area contributed by atoms with E-state index in [0.29, 0.717) is 16.4 Å². The molecule has 0 aliphatic carbocycles. The lowest BCUT2D eigenvalue weighted by Gasteiger charge is -2.04. The lowest BCUT2D eigenvalue weighted by Crippen LogP contribution is -2.22. The summed E-state index contributed by atoms with van der Waals surface area (Å²) in [6, 6.07) is 14.0. The van der Waals surface area contributed by atoms with Gasteiger partial charge in [-0.1, -0.05) is 30.3 Å². The van der Waals surface area contributed by atoms with E-state index < -0.39 is 0 Å². The summed E-state index contributed by atoms with van der Waals surface area (Å²) >= 11 is 1.25. The molecule has 0 fully saturated rings. The number of aromatic nitrogens is 1. The Labute approximate surface area is 142 Å². The molecule has 122 valence electrons. The molecule has 0 spiro atoms. The van der Waals surface area contributed by atoms with Crippen LogP contribution in [0.3, 0.4) is 0 Å². The summed E-state index contributed by atoms with van der Waals surface area (Å²) in [6.07, 6.45) is 1.49. The topological polar surface area (TPSA) is 71.3 Å². The van der Waals surface area contributed by atoms with Gasteiger partial charge in [-0.25, -0.2) is 0 Å². The molecular weight excluding hydrogens is 324 g/mol. The van der Waals surface area contributed by atoms with Crippen LogP contribution < -0.4 is 10.9 Å². The van der Waals surface area contributed by atoms with Crippen molar-refractivity contribution in [1.29, 1.82) is 0 Å². The van der Waals surface area contributed by atoms with E-state index in [1.807, 2.05) is 37.3 Å². The highest BCUT2D eigenvalue weighted by molar-refractivity contribution is 7.16. The molecule has 0 bridgehead atoms. The number of aromatic hydroxyl groups is 1. The van der Waals surface area contributed by atoms with Gasteiger partial charge in [-0.05, 0) is 30.2 Å². The van der Waals surface area contributed by atoms with Crippen molar-refractivity contribution in [2.24, 2.45) is 0 Å². The van der Waals surface area contributed by atoms with Gasteiger partial charge >= 0.3 is 0 Å². The molecule has 3 rings (SSSR count). The molecule has 0 unspecified atom stereocenters. The fourth-order valence-electron chi connectivity index (χ4n) is 2.32. The Balaban J connectivity index is 1.81. The Hall–Kier alpha value is -2.86. The third kappa shape index (κ3) is 3.38. The molecule has 2 heterocycles. The Morgan fingerprint density at radius 1 is 1.21 bits per heavy atom. The first kappa shape index (κ1) is 16.0. The van der Waals surface area contributed by atoms with Crippen molar-refractivity contribution < 1.29 is 9.90 Å². The Morgan fingerprint density at radius 2 is 1.96 bits per heavy atom. The number of nitrogens with zero attached hydrogens (tertiary/aromatic N) is 1. The number of thiophene rings is 1. The van der Waals surface area contributed by atoms with Crippen LogP contribution in [0.2, 0.25) is 0 Å². The van der Waals surface area contributed by atoms with Crippen LogP contribution in [-0.4, -0.2) is 15.6 Å². The van der Waals surface area contributed by atoms with Gasteiger partial charge in [0.05, 0.1) is 4.88 Å². The molecule has 24 heavy (non-hydrogen) atoms. The van der Waals surface area contributed by atoms with Gasteiger partial charge in [0.15, 0.2) is 0 Å². The number of pyridine rings is 1. The monoisotopic (exact) mass is 340 g/mol. The molecule has 0 saturated carbocycles. The Kier molecular flexibility index (Phi) is 4.48. The van der Waals surface area contributed by atoms with E-state index in [0.717, 1.165) is 17.2 Å². The minimum absolute atomic E-state index is 0.0784. The summed E-state index contributed by atoms with van der Waals surface area (Å²) in [5.41, 5.74) is 1.49. The molecule has 0 atom stereocenters. The number of hydrogen-bond acceptors (Lipinski definition) is 4. The number of rotatable bonds is 4. The average molecular weight is 340 g/mol. The van der Waals surface area contributed by atoms with Crippen LogP contribution in [0.15, 0.2) is 59.5 Å². The molecule has 1 aromatic carbocycles. The molecule has 3 aromatic rings. The molecule has 6 heteroatoms. The van der Waals surface area contributed by atoms with Crippen molar-refractivity contribution in [3.63, 3.8) is 0 Å². The molecule has 0 aliphatic heterocycles. The second-order valence-electron chi connectivity index (χ2n) is 5.36. The van der Waals surface area contributed by atoms with Crippen molar-refractivity contribution in [3.8, 4) is 10.8 Å². The maximum atomic E-state index is 12.4. The van der Waals surface area contributed by atoms with Crippen molar-refractivity contribution in [1.82, 2.24) is 9.88 Å². The van der Waals surface area contributed by atoms with Crippen LogP contribution in [0, 0.1) is 6.92 Å². The number of benzene rings is 1. The van der Waals surface area contributed by atoms with Crippen LogP contribution in [0.1, 0.15) is 20.8 Å². The van der Waals surface area contributed by atoms with E-state index in [-0.39, 0.29) is 17.2 Å². The first-order valence-electron chi connectivity index (χ1n) is 7.39. The first-order valence-corrected chi connectivity index (χ1v) is 8.21. The highest BCUT2D eigenvalue weighted by Gasteiger charge is 2.15. The first-order chi connectivity index (χ1) is 11.5. The fourth-order valence-corrected chi connectivity index (χ4v) is 3.40. The Morgan fingerprint density at radius 3 is 2.67 bits per heavy atom. The van der Waals surface area contributed by atoms with Gasteiger partial charge in [0.1, 0.15) is 10.8 Å². The van der Waals surface area contributed by atoms with E-state index in [1.165, 1.54) is 28.2 Å². The van der Waals surface area contributed by atoms with Gasteiger partial charge in [0.2, 0.25) is 0 Å². The zero-order valence-electron chi connectivity index (χ0n) is 13.0. The highest BCUT2D eigenvalue weighted by atomic mass is 32.1. The van der Waals surface area contributed by atoms with E-state index in [4.69, 9.17) is 0 Å². The third-order valence-electron chi connectivity index (χ3n) is 3.55. The number of nitrogens with one attached hydrogen (secondary N) is 1. The van der Waals surface area contributed by atoms with Gasteiger partial charge in [-0.15, -0.1) is 11.3 Å². The van der Waals surface area contributed by atoms with Gasteiger partial charge < -0.3 is 10.4 Å². The van der Waals surface area contributed by atoms with E-state index in [9.17, 15) is 14.7 Å². The normalized spacial score (nSPS) is 10.5. The minimum atomic E-state index is -0.340. The average Bonchev–Trinajstić information content (AvgIpc) is 2.95. The molecule has 0 saturated heterocycles. The number of carbonyl (C=O) groups excluding carboxylic acids is 1. The maximum Gasteiger partial charge on any atom is 0.261 e. The predicted molar refractivity (Wildman–Crippen MR) is 93.9 cm³/mol. The van der Waals surface area contributed by atoms with Gasteiger partial charge in [0.25, 0.3) is 11.5 Å². The predicted octanol–water partition coefficient (Wildman–Crippen LogP) is 2.84. The van der Waals surface area contributed by atoms with Crippen LogP contribution in [-0.2, 0) is 6.54 Å². The van der Waals surface area contributed by atoms with Crippen molar-refractivity contribution in [3.05, 3.63) is 81.1 Å². The third-order valence-corrected chi connectivity index (χ3v) is 4.78. The maximum absolute atomic E-state index is 12.4. The standard InChI is InChI=1S/C18H16N2O3S/c1-12-9-16(20-8-7-14(21)10-15(20)22)24-17(12)18(23)19-11-13-5-3-2-4-6-13/h2-10,21H,11H2,1H3,(H,19,23). The van der Waals surface area contributed by atoms with Crippen molar-refractivity contribution in [2.45, 2.75) is 13.5 Å². The van der Waals surface area contributed by atoms with E-state index in [1.54, 1.807) is 6.07 Å². The lowest BCUT2D eigenvalue weighted by atomic mass is 10.2. The minimum Gasteiger partial charge on any atom is -0.508 e. The number of amides is 1. The SMILES string of the molecule is Cc1cc(-n2ccc(O)cc2=O)sc1C(=O)NCc1ccccc1. The molecule has 0 radical (unpaired) electrons. The number of carbonyl (C=O) groups is 1. The fraction of sp³-hybridized carbons (Fsp3) is 0.111. The summed E-state index contributed by atoms with van der Waals surface area (Å²) < 4.78 is 1.41. The zero-order chi connectivity index (χ0) is 17.1. The summed E-state index contributed by atoms with van der Waals surface area (Å²) in [6.45, 7) is 2.29. The molecule has 2 aromatic heterocycles. The molecule has 0 aliphatic rings. The molecule has 5 nitrogen and oxygen atoms in total. The number of aryl methyl sites for hydroxylation is 1. The van der Waals surface area contributed by atoms with Crippen LogP contribution in [0.4, 0.5) is 0 Å². The van der Waals surface area contributed by atoms with Gasteiger partial charge in [-0.2, -0.15) is 0 Å². The smallest absolute Gasteiger partial charge is 0.261 e. The second-order valence-corrected chi connectivity index (χ2v) is 6.39. The molecule has 1 amide bonds. The molecular formula is C18H16N2O3S. The summed E-state index contributed by atoms with van der Waals surface area (Å²) in [4.78, 5) is 24.9. The van der Waals surface area contributed by atoms with Crippen LogP contribution in [0.5, 0.6) is 5.75 Å². The lowest BCUT2D eigenvalue weighted by molar-refractivity contribution is 0.0954. The van der Waals surface area contributed by atoms with E-state index >= 15 is 0 Å². The van der Waals surface area contributed by atoms with Crippen molar-refractivity contribution in [2.75, 3.05) is 0 Å². The zero-order valence-corrected chi connectivity index (χ0v) is 13.8. The van der Waals surface area contributed by atoms with Crippen LogP contribution >= 0.6 is 11.3 Å². The summed E-state index contributed by atoms with van der Waals surface area (Å²) in [5, 5.41) is 12.9.